The molecule has 9 nitrogen and oxygen atoms in total. The molecule has 0 spiro atoms. The molecular formula is C17H15F2N3O6S2. The van der Waals surface area contributed by atoms with Crippen LogP contribution in [-0.4, -0.2) is 39.6 Å². The molecule has 4 rings (SSSR count). The van der Waals surface area contributed by atoms with Crippen molar-refractivity contribution in [1.82, 2.24) is 4.72 Å². The fourth-order valence-corrected chi connectivity index (χ4v) is 5.60. The van der Waals surface area contributed by atoms with E-state index in [0.29, 0.717) is 17.1 Å². The summed E-state index contributed by atoms with van der Waals surface area (Å²) in [4.78, 5) is 11.4. The molecule has 2 aromatic carbocycles. The Morgan fingerprint density at radius 1 is 1.17 bits per heavy atom. The molecule has 2 aliphatic rings. The minimum Gasteiger partial charge on any atom is -0.506 e. The van der Waals surface area contributed by atoms with E-state index in [4.69, 9.17) is 0 Å². The lowest BCUT2D eigenvalue weighted by molar-refractivity contribution is -0.117. The van der Waals surface area contributed by atoms with Gasteiger partial charge in [-0.1, -0.05) is 6.07 Å². The molecule has 1 saturated carbocycles. The van der Waals surface area contributed by atoms with Crippen LogP contribution in [0.5, 0.6) is 5.75 Å². The van der Waals surface area contributed by atoms with Crippen molar-refractivity contribution in [1.29, 1.82) is 0 Å². The number of halogens is 2. The molecule has 1 aliphatic carbocycles. The van der Waals surface area contributed by atoms with E-state index < -0.39 is 61.0 Å². The maximum atomic E-state index is 15.1. The van der Waals surface area contributed by atoms with Crippen molar-refractivity contribution in [3.05, 3.63) is 42.0 Å². The molecular weight excluding hydrogens is 444 g/mol. The number of benzene rings is 2. The van der Waals surface area contributed by atoms with Crippen LogP contribution in [0.25, 0.3) is 11.1 Å². The first-order chi connectivity index (χ1) is 14.0. The number of carbonyl (C=O) groups is 1. The Labute approximate surface area is 170 Å². The number of phenols is 1. The third-order valence-electron chi connectivity index (χ3n) is 4.66. The van der Waals surface area contributed by atoms with Gasteiger partial charge in [0.2, 0.25) is 10.0 Å². The lowest BCUT2D eigenvalue weighted by Gasteiger charge is -2.19. The van der Waals surface area contributed by atoms with E-state index in [1.807, 2.05) is 0 Å². The Hall–Kier alpha value is -2.93. The lowest BCUT2D eigenvalue weighted by Crippen LogP contribution is -2.30. The van der Waals surface area contributed by atoms with Crippen molar-refractivity contribution in [3.63, 3.8) is 0 Å². The number of anilines is 2. The van der Waals surface area contributed by atoms with E-state index in [-0.39, 0.29) is 16.8 Å². The Bertz CT molecular complexity index is 1280. The van der Waals surface area contributed by atoms with Gasteiger partial charge >= 0.3 is 10.2 Å². The third-order valence-corrected chi connectivity index (χ3v) is 7.89. The molecule has 0 bridgehead atoms. The normalized spacial score (nSPS) is 18.3. The molecule has 3 N–H and O–H groups in total. The molecule has 30 heavy (non-hydrogen) atoms. The molecule has 2 aromatic rings. The smallest absolute Gasteiger partial charge is 0.326 e. The summed E-state index contributed by atoms with van der Waals surface area (Å²) in [6.07, 6.45) is 0.987. The predicted octanol–water partition coefficient (Wildman–Crippen LogP) is 1.42. The van der Waals surface area contributed by atoms with Crippen LogP contribution in [-0.2, 0) is 25.0 Å². The lowest BCUT2D eigenvalue weighted by atomic mass is 10.0. The third kappa shape index (κ3) is 3.54. The fourth-order valence-electron chi connectivity index (χ4n) is 3.04. The van der Waals surface area contributed by atoms with Crippen LogP contribution in [0.3, 0.4) is 0 Å². The van der Waals surface area contributed by atoms with E-state index in [2.05, 4.69) is 4.72 Å². The quantitative estimate of drug-likeness (QED) is 0.620. The number of carbonyl (C=O) groups excluding carboxylic acids is 1. The highest BCUT2D eigenvalue weighted by Gasteiger charge is 2.38. The number of nitrogens with one attached hydrogen (secondary N) is 2. The molecule has 0 aromatic heterocycles. The van der Waals surface area contributed by atoms with Crippen LogP contribution in [0.2, 0.25) is 0 Å². The predicted molar refractivity (Wildman–Crippen MR) is 103 cm³/mol. The number of aromatic hydroxyl groups is 1. The van der Waals surface area contributed by atoms with Crippen LogP contribution < -0.4 is 13.7 Å². The van der Waals surface area contributed by atoms with Crippen molar-refractivity contribution in [2.24, 2.45) is 0 Å². The molecule has 1 saturated heterocycles. The summed E-state index contributed by atoms with van der Waals surface area (Å²) < 4.78 is 81.8. The van der Waals surface area contributed by atoms with Crippen molar-refractivity contribution < 1.29 is 35.5 Å². The topological polar surface area (TPSA) is 133 Å². The number of sulfonamides is 1. The average molecular weight is 459 g/mol. The molecule has 0 radical (unpaired) electrons. The first kappa shape index (κ1) is 20.3. The van der Waals surface area contributed by atoms with E-state index >= 15 is 4.39 Å². The van der Waals surface area contributed by atoms with Gasteiger partial charge in [-0.2, -0.15) is 8.42 Å². The summed E-state index contributed by atoms with van der Waals surface area (Å²) in [5.74, 6) is -3.79. The van der Waals surface area contributed by atoms with E-state index in [1.165, 1.54) is 6.07 Å². The maximum Gasteiger partial charge on any atom is 0.326 e. The highest BCUT2D eigenvalue weighted by Crippen LogP contribution is 2.39. The van der Waals surface area contributed by atoms with Gasteiger partial charge in [0.1, 0.15) is 23.8 Å². The number of hydrogen-bond donors (Lipinski definition) is 3. The summed E-state index contributed by atoms with van der Waals surface area (Å²) in [6, 6.07) is 5.36. The molecule has 2 fully saturated rings. The van der Waals surface area contributed by atoms with E-state index in [9.17, 15) is 31.1 Å². The maximum absolute atomic E-state index is 15.1. The van der Waals surface area contributed by atoms with E-state index in [1.54, 1.807) is 4.72 Å². The minimum absolute atomic E-state index is 0.0310. The summed E-state index contributed by atoms with van der Waals surface area (Å²) in [5, 5.41) is 9.43. The van der Waals surface area contributed by atoms with Crippen molar-refractivity contribution in [2.45, 2.75) is 18.1 Å². The van der Waals surface area contributed by atoms with Crippen LogP contribution >= 0.6 is 0 Å². The second-order valence-corrected chi connectivity index (χ2v) is 10.4. The zero-order valence-electron chi connectivity index (χ0n) is 15.1. The van der Waals surface area contributed by atoms with Gasteiger partial charge in [-0.05, 0) is 42.7 Å². The second-order valence-electron chi connectivity index (χ2n) is 6.87. The number of amides is 1. The van der Waals surface area contributed by atoms with Crippen LogP contribution in [0, 0.1) is 11.6 Å². The minimum atomic E-state index is -4.39. The average Bonchev–Trinajstić information content (AvgIpc) is 3.44. The van der Waals surface area contributed by atoms with Gasteiger partial charge in [0.15, 0.2) is 5.82 Å². The molecule has 0 atom stereocenters. The van der Waals surface area contributed by atoms with Gasteiger partial charge in [0.05, 0.1) is 10.9 Å². The Balaban J connectivity index is 1.73. The van der Waals surface area contributed by atoms with Crippen molar-refractivity contribution >= 4 is 37.5 Å². The number of hydrogen-bond acceptors (Lipinski definition) is 6. The monoisotopic (exact) mass is 459 g/mol. The summed E-state index contributed by atoms with van der Waals surface area (Å²) in [6.45, 7) is -0.730. The van der Waals surface area contributed by atoms with Gasteiger partial charge in [-0.25, -0.2) is 26.2 Å². The molecule has 0 unspecified atom stereocenters. The highest BCUT2D eigenvalue weighted by atomic mass is 32.2. The molecule has 1 aliphatic heterocycles. The van der Waals surface area contributed by atoms with Gasteiger partial charge < -0.3 is 5.11 Å². The highest BCUT2D eigenvalue weighted by molar-refractivity contribution is 7.93. The summed E-state index contributed by atoms with van der Waals surface area (Å²) in [7, 11) is -8.09. The summed E-state index contributed by atoms with van der Waals surface area (Å²) in [5.41, 5.74) is -1.35. The molecule has 160 valence electrons. The fraction of sp³-hybridized carbons (Fsp3) is 0.235. The second kappa shape index (κ2) is 6.80. The molecule has 1 heterocycles. The Kier molecular flexibility index (Phi) is 4.62. The standard InChI is InChI=1S/C17H15F2N3O6S2/c18-12-7-9(1-5-13(12)20-29(25,26)10-2-3-10)11-4-6-14(23)17(16(11)19)22-8-15(24)21-30(22,27)28/h1,4-7,10,20,23H,2-3,8H2,(H,21,24). The first-order valence-electron chi connectivity index (χ1n) is 8.66. The zero-order chi connectivity index (χ0) is 21.8. The van der Waals surface area contributed by atoms with E-state index in [0.717, 1.165) is 24.3 Å². The molecule has 13 heteroatoms. The molecule has 1 amide bonds. The number of nitrogens with zero attached hydrogens (tertiary/aromatic N) is 1. The first-order valence-corrected chi connectivity index (χ1v) is 11.6. The SMILES string of the molecule is O=C1CN(c2c(O)ccc(-c3ccc(NS(=O)(=O)C4CC4)c(F)c3)c2F)S(=O)(=O)N1. The summed E-state index contributed by atoms with van der Waals surface area (Å²) >= 11 is 0. The Morgan fingerprint density at radius 3 is 2.43 bits per heavy atom. The zero-order valence-corrected chi connectivity index (χ0v) is 16.7. The van der Waals surface area contributed by atoms with Gasteiger partial charge in [0.25, 0.3) is 5.91 Å². The van der Waals surface area contributed by atoms with Gasteiger partial charge in [-0.3, -0.25) is 9.52 Å². The van der Waals surface area contributed by atoms with Crippen molar-refractivity contribution in [2.75, 3.05) is 15.6 Å². The van der Waals surface area contributed by atoms with Gasteiger partial charge in [-0.15, -0.1) is 0 Å². The van der Waals surface area contributed by atoms with Crippen molar-refractivity contribution in [3.8, 4) is 16.9 Å². The largest absolute Gasteiger partial charge is 0.506 e. The Morgan fingerprint density at radius 2 is 1.87 bits per heavy atom. The number of phenolic OH excluding ortho intramolecular Hbond substituents is 1. The number of rotatable bonds is 5. The van der Waals surface area contributed by atoms with Crippen LogP contribution in [0.4, 0.5) is 20.2 Å². The van der Waals surface area contributed by atoms with Gasteiger partial charge in [0, 0.05) is 5.56 Å². The van der Waals surface area contributed by atoms with Crippen LogP contribution in [0.1, 0.15) is 12.8 Å². The van der Waals surface area contributed by atoms with Crippen LogP contribution in [0.15, 0.2) is 30.3 Å².